The maximum Gasteiger partial charge on any atom is 0.150 e. The molecule has 0 bridgehead atoms. The topological polar surface area (TPSA) is 46.2 Å². The normalized spacial score (nSPS) is 23.0. The first-order valence-electron chi connectivity index (χ1n) is 8.03. The predicted molar refractivity (Wildman–Crippen MR) is 89.6 cm³/mol. The molecule has 118 valence electrons. The van der Waals surface area contributed by atoms with Crippen molar-refractivity contribution in [2.24, 2.45) is 0 Å². The van der Waals surface area contributed by atoms with Gasteiger partial charge in [-0.25, -0.2) is 8.42 Å². The molecule has 1 aromatic carbocycles. The third-order valence-corrected chi connectivity index (χ3v) is 6.01. The van der Waals surface area contributed by atoms with E-state index in [0.717, 1.165) is 37.8 Å². The molecule has 0 aromatic heterocycles. The molecule has 0 amide bonds. The van der Waals surface area contributed by atoms with E-state index in [2.05, 4.69) is 36.5 Å². The van der Waals surface area contributed by atoms with Crippen LogP contribution < -0.4 is 5.32 Å². The number of sulfone groups is 1. The zero-order chi connectivity index (χ0) is 15.3. The van der Waals surface area contributed by atoms with Crippen LogP contribution in [0.3, 0.4) is 0 Å². The van der Waals surface area contributed by atoms with Crippen molar-refractivity contribution in [3.05, 3.63) is 29.8 Å². The van der Waals surface area contributed by atoms with Gasteiger partial charge in [-0.15, -0.1) is 0 Å². The lowest BCUT2D eigenvalue weighted by molar-refractivity contribution is 0.453. The van der Waals surface area contributed by atoms with Crippen LogP contribution in [0.25, 0.3) is 0 Å². The molecule has 0 radical (unpaired) electrons. The van der Waals surface area contributed by atoms with Gasteiger partial charge < -0.3 is 5.32 Å². The average Bonchev–Trinajstić information content (AvgIpc) is 2.46. The summed E-state index contributed by atoms with van der Waals surface area (Å²) in [6.45, 7) is 2.21. The first-order chi connectivity index (χ1) is 9.99. The van der Waals surface area contributed by atoms with Crippen molar-refractivity contribution in [1.82, 2.24) is 0 Å². The zero-order valence-corrected chi connectivity index (χ0v) is 14.0. The summed E-state index contributed by atoms with van der Waals surface area (Å²) in [5.41, 5.74) is 2.48. The van der Waals surface area contributed by atoms with E-state index >= 15 is 0 Å². The fourth-order valence-corrected chi connectivity index (χ4v) is 4.23. The molecule has 1 N–H and O–H groups in total. The van der Waals surface area contributed by atoms with Crippen LogP contribution in [0.15, 0.2) is 24.3 Å². The Hall–Kier alpha value is -1.03. The zero-order valence-electron chi connectivity index (χ0n) is 13.1. The second-order valence-corrected chi connectivity index (χ2v) is 8.59. The van der Waals surface area contributed by atoms with Gasteiger partial charge in [-0.05, 0) is 49.8 Å². The molecular formula is C17H27NO2S. The highest BCUT2D eigenvalue weighted by molar-refractivity contribution is 7.91. The Labute approximate surface area is 129 Å². The number of benzene rings is 1. The smallest absolute Gasteiger partial charge is 0.150 e. The molecule has 0 spiro atoms. The van der Waals surface area contributed by atoms with Gasteiger partial charge in [0, 0.05) is 18.0 Å². The predicted octanol–water partition coefficient (Wildman–Crippen LogP) is 3.80. The largest absolute Gasteiger partial charge is 0.382 e. The first kappa shape index (κ1) is 16.3. The summed E-state index contributed by atoms with van der Waals surface area (Å²) in [6.07, 6.45) is 8.54. The summed E-state index contributed by atoms with van der Waals surface area (Å²) in [7, 11) is -2.91. The fourth-order valence-electron chi connectivity index (χ4n) is 3.05. The van der Waals surface area contributed by atoms with Crippen LogP contribution in [0.2, 0.25) is 0 Å². The second-order valence-electron chi connectivity index (χ2n) is 6.26. The Bertz CT molecular complexity index is 536. The van der Waals surface area contributed by atoms with Crippen LogP contribution in [0.5, 0.6) is 0 Å². The summed E-state index contributed by atoms with van der Waals surface area (Å²) in [5.74, 6) is 0. The van der Waals surface area contributed by atoms with E-state index in [1.165, 1.54) is 24.7 Å². The lowest BCUT2D eigenvalue weighted by Gasteiger charge is -2.29. The third-order valence-electron chi connectivity index (χ3n) is 4.38. The van der Waals surface area contributed by atoms with Gasteiger partial charge >= 0.3 is 0 Å². The van der Waals surface area contributed by atoms with E-state index in [1.54, 1.807) is 0 Å². The van der Waals surface area contributed by atoms with Gasteiger partial charge in [0.25, 0.3) is 0 Å². The molecule has 1 aliphatic rings. The number of hydrogen-bond donors (Lipinski definition) is 1. The Morgan fingerprint density at radius 1 is 1.19 bits per heavy atom. The van der Waals surface area contributed by atoms with E-state index in [9.17, 15) is 8.42 Å². The summed E-state index contributed by atoms with van der Waals surface area (Å²) in [5, 5.41) is 3.33. The van der Waals surface area contributed by atoms with Crippen molar-refractivity contribution in [2.75, 3.05) is 11.6 Å². The number of anilines is 1. The van der Waals surface area contributed by atoms with Crippen molar-refractivity contribution >= 4 is 15.5 Å². The van der Waals surface area contributed by atoms with Gasteiger partial charge in [0.2, 0.25) is 0 Å². The minimum Gasteiger partial charge on any atom is -0.382 e. The molecule has 4 heteroatoms. The lowest BCUT2D eigenvalue weighted by atomic mass is 9.94. The molecule has 2 unspecified atom stereocenters. The quantitative estimate of drug-likeness (QED) is 0.869. The van der Waals surface area contributed by atoms with Crippen LogP contribution in [0, 0.1) is 0 Å². The molecular weight excluding hydrogens is 282 g/mol. The van der Waals surface area contributed by atoms with E-state index in [4.69, 9.17) is 0 Å². The molecule has 1 aromatic rings. The molecule has 1 saturated carbocycles. The van der Waals surface area contributed by atoms with Crippen LogP contribution in [-0.2, 0) is 16.3 Å². The summed E-state index contributed by atoms with van der Waals surface area (Å²) in [4.78, 5) is 0. The molecule has 21 heavy (non-hydrogen) atoms. The van der Waals surface area contributed by atoms with Gasteiger partial charge in [0.05, 0.1) is 5.25 Å². The molecule has 2 rings (SSSR count). The van der Waals surface area contributed by atoms with Crippen molar-refractivity contribution in [2.45, 2.75) is 63.2 Å². The van der Waals surface area contributed by atoms with Gasteiger partial charge in [0.1, 0.15) is 9.84 Å². The highest BCUT2D eigenvalue weighted by Crippen LogP contribution is 2.26. The lowest BCUT2D eigenvalue weighted by Crippen LogP contribution is -2.34. The highest BCUT2D eigenvalue weighted by Gasteiger charge is 2.28. The van der Waals surface area contributed by atoms with Crippen molar-refractivity contribution in [3.8, 4) is 0 Å². The number of unbranched alkanes of at least 4 members (excludes halogenated alkanes) is 1. The Balaban J connectivity index is 1.92. The maximum absolute atomic E-state index is 11.7. The Kier molecular flexibility index (Phi) is 5.68. The Morgan fingerprint density at radius 2 is 1.90 bits per heavy atom. The number of nitrogens with one attached hydrogen (secondary N) is 1. The average molecular weight is 309 g/mol. The number of hydrogen-bond acceptors (Lipinski definition) is 3. The third kappa shape index (κ3) is 5.03. The molecule has 0 aliphatic heterocycles. The van der Waals surface area contributed by atoms with Crippen molar-refractivity contribution in [3.63, 3.8) is 0 Å². The summed E-state index contributed by atoms with van der Waals surface area (Å²) >= 11 is 0. The van der Waals surface area contributed by atoms with Gasteiger partial charge in [-0.3, -0.25) is 0 Å². The van der Waals surface area contributed by atoms with E-state index in [1.807, 2.05) is 0 Å². The number of aryl methyl sites for hydroxylation is 1. The number of rotatable bonds is 6. The highest BCUT2D eigenvalue weighted by atomic mass is 32.2. The molecule has 1 fully saturated rings. The molecule has 1 aliphatic carbocycles. The SMILES string of the molecule is CCCCc1ccc(NC2CCCC(S(C)(=O)=O)C2)cc1. The van der Waals surface area contributed by atoms with E-state index < -0.39 is 9.84 Å². The van der Waals surface area contributed by atoms with E-state index in [-0.39, 0.29) is 11.3 Å². The van der Waals surface area contributed by atoms with Crippen LogP contribution >= 0.6 is 0 Å². The maximum atomic E-state index is 11.7. The standard InChI is InChI=1S/C17H27NO2S/c1-3-4-6-14-9-11-15(12-10-14)18-16-7-5-8-17(13-16)21(2,19)20/h9-12,16-18H,3-8,13H2,1-2H3. The van der Waals surface area contributed by atoms with Crippen LogP contribution in [0.1, 0.15) is 51.0 Å². The van der Waals surface area contributed by atoms with Gasteiger partial charge in [-0.1, -0.05) is 31.9 Å². The van der Waals surface area contributed by atoms with Crippen LogP contribution in [-0.4, -0.2) is 26.0 Å². The second kappa shape index (κ2) is 7.30. The Morgan fingerprint density at radius 3 is 2.52 bits per heavy atom. The molecule has 0 heterocycles. The monoisotopic (exact) mass is 309 g/mol. The van der Waals surface area contributed by atoms with Crippen LogP contribution in [0.4, 0.5) is 5.69 Å². The van der Waals surface area contributed by atoms with Crippen molar-refractivity contribution in [1.29, 1.82) is 0 Å². The van der Waals surface area contributed by atoms with Gasteiger partial charge in [-0.2, -0.15) is 0 Å². The van der Waals surface area contributed by atoms with E-state index in [0.29, 0.717) is 0 Å². The summed E-state index contributed by atoms with van der Waals surface area (Å²) in [6, 6.07) is 8.87. The van der Waals surface area contributed by atoms with Crippen molar-refractivity contribution < 1.29 is 8.42 Å². The summed E-state index contributed by atoms with van der Waals surface area (Å²) < 4.78 is 23.4. The minimum atomic E-state index is -2.91. The molecule has 3 nitrogen and oxygen atoms in total. The molecule has 0 saturated heterocycles. The molecule has 2 atom stereocenters. The fraction of sp³-hybridized carbons (Fsp3) is 0.647. The minimum absolute atomic E-state index is 0.174. The van der Waals surface area contributed by atoms with Gasteiger partial charge in [0.15, 0.2) is 0 Å². The first-order valence-corrected chi connectivity index (χ1v) is 9.99.